The fourth-order valence-electron chi connectivity index (χ4n) is 1.89. The molecule has 1 aromatic rings. The van der Waals surface area contributed by atoms with Gasteiger partial charge in [-0.15, -0.1) is 11.3 Å². The van der Waals surface area contributed by atoms with Crippen molar-refractivity contribution in [1.82, 2.24) is 14.2 Å². The van der Waals surface area contributed by atoms with Crippen LogP contribution in [0.4, 0.5) is 0 Å². The van der Waals surface area contributed by atoms with E-state index in [-0.39, 0.29) is 5.75 Å². The summed E-state index contributed by atoms with van der Waals surface area (Å²) in [6.45, 7) is 5.39. The van der Waals surface area contributed by atoms with Crippen LogP contribution in [0.25, 0.3) is 0 Å². The molecule has 0 N–H and O–H groups in total. The Kier molecular flexibility index (Phi) is 4.13. The average Bonchev–Trinajstić information content (AvgIpc) is 2.83. The topological polar surface area (TPSA) is 53.5 Å². The predicted octanol–water partition coefficient (Wildman–Crippen LogP) is 0.610. The maximum absolute atomic E-state index is 11.7. The molecule has 0 unspecified atom stereocenters. The van der Waals surface area contributed by atoms with Gasteiger partial charge < -0.3 is 0 Å². The lowest BCUT2D eigenvalue weighted by atomic mass is 10.3. The van der Waals surface area contributed by atoms with Crippen LogP contribution in [0.2, 0.25) is 0 Å². The molecule has 1 aliphatic heterocycles. The predicted molar refractivity (Wildman–Crippen MR) is 68.4 cm³/mol. The van der Waals surface area contributed by atoms with E-state index in [9.17, 15) is 8.42 Å². The van der Waals surface area contributed by atoms with Crippen molar-refractivity contribution in [2.45, 2.75) is 13.5 Å². The van der Waals surface area contributed by atoms with Crippen molar-refractivity contribution in [1.29, 1.82) is 0 Å². The maximum atomic E-state index is 11.7. The fraction of sp³-hybridized carbons (Fsp3) is 0.700. The lowest BCUT2D eigenvalue weighted by Gasteiger charge is -2.33. The summed E-state index contributed by atoms with van der Waals surface area (Å²) in [5, 5.41) is 0. The zero-order valence-corrected chi connectivity index (χ0v) is 11.5. The summed E-state index contributed by atoms with van der Waals surface area (Å²) in [6.07, 6.45) is 1.87. The van der Waals surface area contributed by atoms with E-state index >= 15 is 0 Å². The van der Waals surface area contributed by atoms with Gasteiger partial charge in [-0.3, -0.25) is 9.88 Å². The van der Waals surface area contributed by atoms with Crippen molar-refractivity contribution in [2.75, 3.05) is 31.9 Å². The van der Waals surface area contributed by atoms with Crippen LogP contribution in [0.15, 0.2) is 11.7 Å². The quantitative estimate of drug-likeness (QED) is 0.808. The third-order valence-electron chi connectivity index (χ3n) is 2.95. The second-order valence-corrected chi connectivity index (χ2v) is 7.27. The SMILES string of the molecule is CCS(=O)(=O)N1CCN(Cc2cncs2)CC1. The molecule has 1 aliphatic rings. The molecular weight excluding hydrogens is 258 g/mol. The highest BCUT2D eigenvalue weighted by Crippen LogP contribution is 2.13. The third kappa shape index (κ3) is 3.25. The molecule has 0 saturated carbocycles. The molecule has 0 atom stereocenters. The number of thiazole rings is 1. The van der Waals surface area contributed by atoms with Crippen molar-refractivity contribution >= 4 is 21.4 Å². The summed E-state index contributed by atoms with van der Waals surface area (Å²) in [7, 11) is -3.01. The minimum atomic E-state index is -3.01. The number of piperazine rings is 1. The lowest BCUT2D eigenvalue weighted by molar-refractivity contribution is 0.183. The standard InChI is InChI=1S/C10H17N3O2S2/c1-2-17(14,15)13-5-3-12(4-6-13)8-10-7-11-9-16-10/h7,9H,2-6,8H2,1H3. The molecule has 2 heterocycles. The zero-order valence-electron chi connectivity index (χ0n) is 9.87. The Bertz CT molecular complexity index is 436. The van der Waals surface area contributed by atoms with E-state index in [0.29, 0.717) is 13.1 Å². The highest BCUT2D eigenvalue weighted by Gasteiger charge is 2.25. The largest absolute Gasteiger partial charge is 0.296 e. The van der Waals surface area contributed by atoms with E-state index in [1.165, 1.54) is 4.88 Å². The van der Waals surface area contributed by atoms with Crippen molar-refractivity contribution in [2.24, 2.45) is 0 Å². The van der Waals surface area contributed by atoms with Gasteiger partial charge in [-0.1, -0.05) is 0 Å². The van der Waals surface area contributed by atoms with Gasteiger partial charge in [0.05, 0.1) is 11.3 Å². The van der Waals surface area contributed by atoms with Gasteiger partial charge >= 0.3 is 0 Å². The molecule has 0 amide bonds. The van der Waals surface area contributed by atoms with Crippen LogP contribution >= 0.6 is 11.3 Å². The minimum Gasteiger partial charge on any atom is -0.296 e. The highest BCUT2D eigenvalue weighted by atomic mass is 32.2. The normalized spacial score (nSPS) is 19.6. The second kappa shape index (κ2) is 5.43. The molecule has 7 heteroatoms. The van der Waals surface area contributed by atoms with Gasteiger partial charge in [-0.05, 0) is 6.92 Å². The van der Waals surface area contributed by atoms with Crippen LogP contribution in [0, 0.1) is 0 Å². The summed E-state index contributed by atoms with van der Waals surface area (Å²) < 4.78 is 24.9. The Labute approximate surface area is 106 Å². The molecule has 1 saturated heterocycles. The molecule has 1 aromatic heterocycles. The van der Waals surface area contributed by atoms with Crippen LogP contribution in [-0.4, -0.2) is 54.5 Å². The zero-order chi connectivity index (χ0) is 12.3. The van der Waals surface area contributed by atoms with Crippen LogP contribution < -0.4 is 0 Å². The number of rotatable bonds is 4. The molecule has 0 spiro atoms. The van der Waals surface area contributed by atoms with Gasteiger partial charge in [0.25, 0.3) is 0 Å². The molecule has 0 aliphatic carbocycles. The molecule has 5 nitrogen and oxygen atoms in total. The molecule has 2 rings (SSSR count). The van der Waals surface area contributed by atoms with Gasteiger partial charge in [0.1, 0.15) is 0 Å². The van der Waals surface area contributed by atoms with Crippen molar-refractivity contribution in [3.63, 3.8) is 0 Å². The van der Waals surface area contributed by atoms with E-state index in [4.69, 9.17) is 0 Å². The first-order chi connectivity index (χ1) is 8.12. The van der Waals surface area contributed by atoms with E-state index in [1.54, 1.807) is 22.6 Å². The Hall–Kier alpha value is -0.500. The first kappa shape index (κ1) is 12.9. The molecular formula is C10H17N3O2S2. The highest BCUT2D eigenvalue weighted by molar-refractivity contribution is 7.89. The van der Waals surface area contributed by atoms with Gasteiger partial charge in [0.2, 0.25) is 10.0 Å². The number of nitrogens with zero attached hydrogens (tertiary/aromatic N) is 3. The van der Waals surface area contributed by atoms with Crippen LogP contribution in [0.5, 0.6) is 0 Å². The van der Waals surface area contributed by atoms with Crippen molar-refractivity contribution in [3.05, 3.63) is 16.6 Å². The van der Waals surface area contributed by atoms with E-state index in [0.717, 1.165) is 19.6 Å². The minimum absolute atomic E-state index is 0.196. The van der Waals surface area contributed by atoms with Crippen LogP contribution in [0.1, 0.15) is 11.8 Å². The first-order valence-corrected chi connectivity index (χ1v) is 8.18. The Morgan fingerprint density at radius 2 is 2.06 bits per heavy atom. The summed E-state index contributed by atoms with van der Waals surface area (Å²) in [6, 6.07) is 0. The van der Waals surface area contributed by atoms with E-state index in [2.05, 4.69) is 9.88 Å². The summed E-state index contributed by atoms with van der Waals surface area (Å²) in [5.41, 5.74) is 1.83. The first-order valence-electron chi connectivity index (χ1n) is 5.69. The molecule has 1 fully saturated rings. The Balaban J connectivity index is 1.86. The van der Waals surface area contributed by atoms with Gasteiger partial charge in [-0.25, -0.2) is 8.42 Å². The Morgan fingerprint density at radius 3 is 2.59 bits per heavy atom. The van der Waals surface area contributed by atoms with Gasteiger partial charge in [0, 0.05) is 43.8 Å². The monoisotopic (exact) mass is 275 g/mol. The van der Waals surface area contributed by atoms with E-state index in [1.807, 2.05) is 11.7 Å². The number of sulfonamides is 1. The third-order valence-corrected chi connectivity index (χ3v) is 5.60. The summed E-state index contributed by atoms with van der Waals surface area (Å²) in [5.74, 6) is 0.196. The van der Waals surface area contributed by atoms with Crippen molar-refractivity contribution in [3.8, 4) is 0 Å². The number of hydrogen-bond donors (Lipinski definition) is 0. The Morgan fingerprint density at radius 1 is 1.35 bits per heavy atom. The molecule has 96 valence electrons. The van der Waals surface area contributed by atoms with E-state index < -0.39 is 10.0 Å². The number of hydrogen-bond acceptors (Lipinski definition) is 5. The van der Waals surface area contributed by atoms with Gasteiger partial charge in [0.15, 0.2) is 0 Å². The molecule has 0 radical (unpaired) electrons. The fourth-order valence-corrected chi connectivity index (χ4v) is 3.61. The maximum Gasteiger partial charge on any atom is 0.213 e. The van der Waals surface area contributed by atoms with Crippen LogP contribution in [-0.2, 0) is 16.6 Å². The smallest absolute Gasteiger partial charge is 0.213 e. The van der Waals surface area contributed by atoms with Crippen LogP contribution in [0.3, 0.4) is 0 Å². The van der Waals surface area contributed by atoms with Gasteiger partial charge in [-0.2, -0.15) is 4.31 Å². The number of aromatic nitrogens is 1. The van der Waals surface area contributed by atoms with Crippen molar-refractivity contribution < 1.29 is 8.42 Å². The second-order valence-electron chi connectivity index (χ2n) is 4.04. The molecule has 17 heavy (non-hydrogen) atoms. The summed E-state index contributed by atoms with van der Waals surface area (Å²) >= 11 is 1.64. The summed E-state index contributed by atoms with van der Waals surface area (Å²) in [4.78, 5) is 7.55. The average molecular weight is 275 g/mol. The lowest BCUT2D eigenvalue weighted by Crippen LogP contribution is -2.48. The molecule has 0 bridgehead atoms. The molecule has 0 aromatic carbocycles.